The largest absolute Gasteiger partial charge is 0.497 e. The molecule has 0 aliphatic rings. The molecule has 1 amide bonds. The summed E-state index contributed by atoms with van der Waals surface area (Å²) in [6.07, 6.45) is 2.71. The van der Waals surface area contributed by atoms with Gasteiger partial charge >= 0.3 is 0 Å². The van der Waals surface area contributed by atoms with Crippen molar-refractivity contribution < 1.29 is 14.3 Å². The Morgan fingerprint density at radius 1 is 1.15 bits per heavy atom. The average Bonchev–Trinajstić information content (AvgIpc) is 3.03. The van der Waals surface area contributed by atoms with Crippen LogP contribution in [0.25, 0.3) is 10.9 Å². The molecule has 26 heavy (non-hydrogen) atoms. The molecule has 0 bridgehead atoms. The molecule has 0 aliphatic heterocycles. The standard InChI is InChI=1S/C21H24N2O3/c1-14-5-4-6-15(2)21(14)26-13-20(24)22-10-9-16-12-23-19-8-7-17(25-3)11-18(16)19/h4-8,11-12,23H,9-10,13H2,1-3H3,(H,22,24). The molecule has 5 nitrogen and oxygen atoms in total. The number of ether oxygens (including phenoxy) is 2. The van der Waals surface area contributed by atoms with Crippen LogP contribution in [0.5, 0.6) is 11.5 Å². The van der Waals surface area contributed by atoms with E-state index in [4.69, 9.17) is 9.47 Å². The predicted molar refractivity (Wildman–Crippen MR) is 103 cm³/mol. The number of carbonyl (C=O) groups is 1. The summed E-state index contributed by atoms with van der Waals surface area (Å²) in [5.41, 5.74) is 4.27. The number of fused-ring (bicyclic) bond motifs is 1. The van der Waals surface area contributed by atoms with Crippen molar-refractivity contribution in [2.45, 2.75) is 20.3 Å². The lowest BCUT2D eigenvalue weighted by molar-refractivity contribution is -0.123. The highest BCUT2D eigenvalue weighted by molar-refractivity contribution is 5.84. The molecule has 0 aliphatic carbocycles. The number of carbonyl (C=O) groups excluding carboxylic acids is 1. The Morgan fingerprint density at radius 3 is 2.65 bits per heavy atom. The molecule has 3 aromatic rings. The van der Waals surface area contributed by atoms with Crippen LogP contribution in [0, 0.1) is 13.8 Å². The van der Waals surface area contributed by atoms with Crippen LogP contribution in [0.2, 0.25) is 0 Å². The Kier molecular flexibility index (Phi) is 5.46. The third kappa shape index (κ3) is 3.99. The zero-order valence-corrected chi connectivity index (χ0v) is 15.4. The number of benzene rings is 2. The number of rotatable bonds is 7. The summed E-state index contributed by atoms with van der Waals surface area (Å²) in [6, 6.07) is 11.9. The minimum absolute atomic E-state index is 0.0212. The Labute approximate surface area is 153 Å². The fraction of sp³-hybridized carbons (Fsp3) is 0.286. The van der Waals surface area contributed by atoms with Crippen molar-refractivity contribution in [3.63, 3.8) is 0 Å². The number of amides is 1. The highest BCUT2D eigenvalue weighted by Gasteiger charge is 2.09. The molecule has 0 radical (unpaired) electrons. The number of hydrogen-bond acceptors (Lipinski definition) is 3. The van der Waals surface area contributed by atoms with Crippen molar-refractivity contribution in [1.82, 2.24) is 10.3 Å². The van der Waals surface area contributed by atoms with Gasteiger partial charge in [-0.05, 0) is 55.2 Å². The quantitative estimate of drug-likeness (QED) is 0.684. The van der Waals surface area contributed by atoms with Crippen LogP contribution in [0.1, 0.15) is 16.7 Å². The van der Waals surface area contributed by atoms with Crippen molar-refractivity contribution in [3.05, 3.63) is 59.3 Å². The van der Waals surface area contributed by atoms with Gasteiger partial charge in [-0.15, -0.1) is 0 Å². The van der Waals surface area contributed by atoms with Gasteiger partial charge < -0.3 is 19.8 Å². The van der Waals surface area contributed by atoms with Crippen LogP contribution in [-0.2, 0) is 11.2 Å². The molecule has 1 aromatic heterocycles. The van der Waals surface area contributed by atoms with Crippen molar-refractivity contribution in [2.24, 2.45) is 0 Å². The van der Waals surface area contributed by atoms with Gasteiger partial charge in [0.15, 0.2) is 6.61 Å². The fourth-order valence-electron chi connectivity index (χ4n) is 3.04. The minimum atomic E-state index is -0.120. The van der Waals surface area contributed by atoms with Gasteiger partial charge in [-0.3, -0.25) is 4.79 Å². The number of aryl methyl sites for hydroxylation is 2. The van der Waals surface area contributed by atoms with Gasteiger partial charge in [0.2, 0.25) is 0 Å². The molecule has 5 heteroatoms. The van der Waals surface area contributed by atoms with E-state index in [-0.39, 0.29) is 12.5 Å². The maximum Gasteiger partial charge on any atom is 0.257 e. The Balaban J connectivity index is 1.52. The molecule has 0 saturated heterocycles. The normalized spacial score (nSPS) is 10.7. The molecule has 0 fully saturated rings. The molecule has 0 unspecified atom stereocenters. The molecule has 136 valence electrons. The first-order chi connectivity index (χ1) is 12.6. The summed E-state index contributed by atoms with van der Waals surface area (Å²) in [5, 5.41) is 4.03. The fourth-order valence-corrected chi connectivity index (χ4v) is 3.04. The van der Waals surface area contributed by atoms with E-state index >= 15 is 0 Å². The monoisotopic (exact) mass is 352 g/mol. The second-order valence-corrected chi connectivity index (χ2v) is 6.33. The number of nitrogens with one attached hydrogen (secondary N) is 2. The van der Waals surface area contributed by atoms with Gasteiger partial charge in [-0.25, -0.2) is 0 Å². The van der Waals surface area contributed by atoms with Gasteiger partial charge in [-0.1, -0.05) is 18.2 Å². The lowest BCUT2D eigenvalue weighted by atomic mass is 10.1. The lowest BCUT2D eigenvalue weighted by Crippen LogP contribution is -2.30. The van der Waals surface area contributed by atoms with Gasteiger partial charge in [0, 0.05) is 23.6 Å². The summed E-state index contributed by atoms with van der Waals surface area (Å²) in [7, 11) is 1.66. The topological polar surface area (TPSA) is 63.3 Å². The zero-order valence-electron chi connectivity index (χ0n) is 15.4. The second-order valence-electron chi connectivity index (χ2n) is 6.33. The number of H-pyrrole nitrogens is 1. The smallest absolute Gasteiger partial charge is 0.257 e. The van der Waals surface area contributed by atoms with Crippen molar-refractivity contribution in [3.8, 4) is 11.5 Å². The van der Waals surface area contributed by atoms with Crippen molar-refractivity contribution in [2.75, 3.05) is 20.3 Å². The summed E-state index contributed by atoms with van der Waals surface area (Å²) in [5.74, 6) is 1.49. The van der Waals surface area contributed by atoms with Crippen molar-refractivity contribution in [1.29, 1.82) is 0 Å². The Hall–Kier alpha value is -2.95. The first-order valence-electron chi connectivity index (χ1n) is 8.68. The average molecular weight is 352 g/mol. The minimum Gasteiger partial charge on any atom is -0.497 e. The molecular weight excluding hydrogens is 328 g/mol. The molecule has 0 spiro atoms. The maximum atomic E-state index is 12.1. The molecule has 2 aromatic carbocycles. The van der Waals surface area contributed by atoms with E-state index < -0.39 is 0 Å². The van der Waals surface area contributed by atoms with E-state index in [2.05, 4.69) is 10.3 Å². The van der Waals surface area contributed by atoms with Gasteiger partial charge in [0.25, 0.3) is 5.91 Å². The molecule has 1 heterocycles. The lowest BCUT2D eigenvalue weighted by Gasteiger charge is -2.12. The maximum absolute atomic E-state index is 12.1. The highest BCUT2D eigenvalue weighted by atomic mass is 16.5. The Morgan fingerprint density at radius 2 is 1.92 bits per heavy atom. The third-order valence-corrected chi connectivity index (χ3v) is 4.45. The predicted octanol–water partition coefficient (Wildman–Crippen LogP) is 3.53. The van der Waals surface area contributed by atoms with E-state index in [1.54, 1.807) is 7.11 Å². The van der Waals surface area contributed by atoms with Crippen molar-refractivity contribution >= 4 is 16.8 Å². The molecule has 2 N–H and O–H groups in total. The van der Waals surface area contributed by atoms with Crippen LogP contribution in [-0.4, -0.2) is 31.2 Å². The van der Waals surface area contributed by atoms with Gasteiger partial charge in [0.05, 0.1) is 7.11 Å². The first-order valence-corrected chi connectivity index (χ1v) is 8.68. The van der Waals surface area contributed by atoms with Crippen LogP contribution in [0.15, 0.2) is 42.6 Å². The van der Waals surface area contributed by atoms with Crippen LogP contribution in [0.4, 0.5) is 0 Å². The van der Waals surface area contributed by atoms with E-state index in [1.165, 1.54) is 0 Å². The number of aromatic nitrogens is 1. The molecular formula is C21H24N2O3. The summed E-state index contributed by atoms with van der Waals surface area (Å²) >= 11 is 0. The highest BCUT2D eigenvalue weighted by Crippen LogP contribution is 2.24. The SMILES string of the molecule is COc1ccc2[nH]cc(CCNC(=O)COc3c(C)cccc3C)c2c1. The number of para-hydroxylation sites is 1. The second kappa shape index (κ2) is 7.95. The summed E-state index contributed by atoms with van der Waals surface area (Å²) in [4.78, 5) is 15.3. The van der Waals surface area contributed by atoms with E-state index in [0.29, 0.717) is 6.54 Å². The molecule has 0 saturated carbocycles. The van der Waals surface area contributed by atoms with Gasteiger partial charge in [-0.2, -0.15) is 0 Å². The molecule has 3 rings (SSSR count). The molecule has 0 atom stereocenters. The number of aromatic amines is 1. The van der Waals surface area contributed by atoms with E-state index in [9.17, 15) is 4.79 Å². The number of hydrogen-bond donors (Lipinski definition) is 2. The first kappa shape index (κ1) is 17.9. The summed E-state index contributed by atoms with van der Waals surface area (Å²) < 4.78 is 11.0. The Bertz CT molecular complexity index is 895. The third-order valence-electron chi connectivity index (χ3n) is 4.45. The van der Waals surface area contributed by atoms with Crippen LogP contribution >= 0.6 is 0 Å². The summed E-state index contributed by atoms with van der Waals surface area (Å²) in [6.45, 7) is 4.53. The number of methoxy groups -OCH3 is 1. The zero-order chi connectivity index (χ0) is 18.5. The van der Waals surface area contributed by atoms with E-state index in [0.717, 1.165) is 45.5 Å². The van der Waals surface area contributed by atoms with Gasteiger partial charge in [0.1, 0.15) is 11.5 Å². The van der Waals surface area contributed by atoms with E-state index in [1.807, 2.05) is 56.4 Å². The van der Waals surface area contributed by atoms with Crippen LogP contribution < -0.4 is 14.8 Å². The van der Waals surface area contributed by atoms with Crippen LogP contribution in [0.3, 0.4) is 0 Å².